The predicted octanol–water partition coefficient (Wildman–Crippen LogP) is 4.02. The third kappa shape index (κ3) is 2.47. The number of nitrogens with zero attached hydrogens (tertiary/aromatic N) is 1. The van der Waals surface area contributed by atoms with Gasteiger partial charge in [-0.1, -0.05) is 74.5 Å². The molecule has 4 atom stereocenters. The van der Waals surface area contributed by atoms with E-state index in [1.165, 1.54) is 5.06 Å². The Morgan fingerprint density at radius 2 is 1.14 bits per heavy atom. The monoisotopic (exact) mass is 295 g/mol. The van der Waals surface area contributed by atoms with Crippen LogP contribution >= 0.6 is 0 Å². The number of rotatable bonds is 2. The van der Waals surface area contributed by atoms with Crippen LogP contribution in [0.2, 0.25) is 0 Å². The van der Waals surface area contributed by atoms with Crippen molar-refractivity contribution in [3.8, 4) is 0 Å². The highest BCUT2D eigenvalue weighted by atomic mass is 16.5. The van der Waals surface area contributed by atoms with Crippen molar-refractivity contribution in [3.05, 3.63) is 71.8 Å². The summed E-state index contributed by atoms with van der Waals surface area (Å²) in [4.78, 5) is 12.7. The van der Waals surface area contributed by atoms with Gasteiger partial charge in [0.1, 0.15) is 5.78 Å². The summed E-state index contributed by atoms with van der Waals surface area (Å²) in [6.45, 7) is 3.81. The zero-order valence-electron chi connectivity index (χ0n) is 12.9. The summed E-state index contributed by atoms with van der Waals surface area (Å²) in [5.41, 5.74) is 1.94. The summed E-state index contributed by atoms with van der Waals surface area (Å²) in [5, 5.41) is 12.3. The first kappa shape index (κ1) is 14.9. The summed E-state index contributed by atoms with van der Waals surface area (Å²) in [5.74, 6) is -0.266. The summed E-state index contributed by atoms with van der Waals surface area (Å²) in [6, 6.07) is 18.9. The van der Waals surface area contributed by atoms with Crippen molar-refractivity contribution in [2.75, 3.05) is 0 Å². The lowest BCUT2D eigenvalue weighted by atomic mass is 9.76. The maximum absolute atomic E-state index is 12.7. The molecule has 0 amide bonds. The van der Waals surface area contributed by atoms with Crippen molar-refractivity contribution in [1.82, 2.24) is 5.06 Å². The zero-order valence-corrected chi connectivity index (χ0v) is 12.9. The van der Waals surface area contributed by atoms with Gasteiger partial charge in [0.25, 0.3) is 0 Å². The van der Waals surface area contributed by atoms with E-state index in [4.69, 9.17) is 0 Å². The molecule has 3 nitrogen and oxygen atoms in total. The number of carbonyl (C=O) groups is 1. The molecule has 0 aliphatic carbocycles. The van der Waals surface area contributed by atoms with Crippen LogP contribution in [-0.4, -0.2) is 16.1 Å². The maximum Gasteiger partial charge on any atom is 0.142 e. The van der Waals surface area contributed by atoms with Gasteiger partial charge in [0.15, 0.2) is 0 Å². The van der Waals surface area contributed by atoms with Gasteiger partial charge in [-0.15, -0.1) is 0 Å². The van der Waals surface area contributed by atoms with Crippen molar-refractivity contribution < 1.29 is 10.0 Å². The van der Waals surface area contributed by atoms with Crippen LogP contribution in [0, 0.1) is 11.8 Å². The van der Waals surface area contributed by atoms with E-state index in [2.05, 4.69) is 0 Å². The Labute approximate surface area is 131 Å². The number of Topliss-reactive ketones (excluding diaryl/α,β-unsaturated/α-hetero) is 1. The molecular formula is C19H21NO2. The lowest BCUT2D eigenvalue weighted by Crippen LogP contribution is -2.47. The van der Waals surface area contributed by atoms with Gasteiger partial charge in [-0.3, -0.25) is 4.79 Å². The van der Waals surface area contributed by atoms with Crippen LogP contribution < -0.4 is 0 Å². The topological polar surface area (TPSA) is 40.5 Å². The van der Waals surface area contributed by atoms with Crippen LogP contribution in [0.3, 0.4) is 0 Å². The average molecular weight is 295 g/mol. The van der Waals surface area contributed by atoms with E-state index in [0.717, 1.165) is 11.1 Å². The van der Waals surface area contributed by atoms with Gasteiger partial charge in [-0.2, -0.15) is 5.06 Å². The smallest absolute Gasteiger partial charge is 0.142 e. The highest BCUT2D eigenvalue weighted by Gasteiger charge is 2.45. The molecule has 3 rings (SSSR count). The number of hydroxylamine groups is 2. The van der Waals surface area contributed by atoms with E-state index in [-0.39, 0.29) is 29.7 Å². The lowest BCUT2D eigenvalue weighted by Gasteiger charge is -2.44. The fourth-order valence-corrected chi connectivity index (χ4v) is 3.54. The molecule has 1 saturated heterocycles. The molecular weight excluding hydrogens is 274 g/mol. The highest BCUT2D eigenvalue weighted by molar-refractivity contribution is 5.85. The van der Waals surface area contributed by atoms with Gasteiger partial charge in [0, 0.05) is 11.8 Å². The van der Waals surface area contributed by atoms with Crippen molar-refractivity contribution in [1.29, 1.82) is 0 Å². The first-order valence-electron chi connectivity index (χ1n) is 7.72. The third-order valence-electron chi connectivity index (χ3n) is 4.70. The van der Waals surface area contributed by atoms with Crippen molar-refractivity contribution in [2.45, 2.75) is 25.9 Å². The minimum absolute atomic E-state index is 0.202. The molecule has 0 spiro atoms. The molecule has 0 bridgehead atoms. The quantitative estimate of drug-likeness (QED) is 0.910. The molecule has 1 heterocycles. The molecule has 3 heteroatoms. The van der Waals surface area contributed by atoms with E-state index >= 15 is 0 Å². The van der Waals surface area contributed by atoms with E-state index in [1.807, 2.05) is 74.5 Å². The van der Waals surface area contributed by atoms with Crippen molar-refractivity contribution in [2.24, 2.45) is 11.8 Å². The van der Waals surface area contributed by atoms with Crippen LogP contribution in [0.15, 0.2) is 60.7 Å². The van der Waals surface area contributed by atoms with Gasteiger partial charge in [0.2, 0.25) is 0 Å². The first-order chi connectivity index (χ1) is 10.6. The minimum Gasteiger partial charge on any atom is -0.313 e. The number of hydrogen-bond acceptors (Lipinski definition) is 3. The Bertz CT molecular complexity index is 585. The van der Waals surface area contributed by atoms with E-state index < -0.39 is 0 Å². The largest absolute Gasteiger partial charge is 0.313 e. The molecule has 1 fully saturated rings. The molecule has 2 aromatic rings. The normalized spacial score (nSPS) is 29.5. The summed E-state index contributed by atoms with van der Waals surface area (Å²) in [6.07, 6.45) is 0. The minimum atomic E-state index is -0.310. The number of hydrogen-bond donors (Lipinski definition) is 1. The fraction of sp³-hybridized carbons (Fsp3) is 0.316. The standard InChI is InChI=1S/C19H21NO2/c1-13-17(15-9-5-3-6-10-15)20(22)18(14(2)19(13)21)16-11-7-4-8-12-16/h3-14,17-18,22H,1-2H3. The molecule has 4 unspecified atom stereocenters. The lowest BCUT2D eigenvalue weighted by molar-refractivity contribution is -0.209. The first-order valence-corrected chi connectivity index (χ1v) is 7.72. The Kier molecular flexibility index (Phi) is 4.10. The predicted molar refractivity (Wildman–Crippen MR) is 85.3 cm³/mol. The Morgan fingerprint density at radius 3 is 1.50 bits per heavy atom. The molecule has 22 heavy (non-hydrogen) atoms. The molecule has 1 aliphatic rings. The fourth-order valence-electron chi connectivity index (χ4n) is 3.54. The van der Waals surface area contributed by atoms with Crippen LogP contribution in [0.1, 0.15) is 37.1 Å². The molecule has 0 aromatic heterocycles. The van der Waals surface area contributed by atoms with Crippen LogP contribution in [-0.2, 0) is 4.79 Å². The van der Waals surface area contributed by atoms with Crippen LogP contribution in [0.25, 0.3) is 0 Å². The van der Waals surface area contributed by atoms with Gasteiger partial charge in [-0.05, 0) is 11.1 Å². The molecule has 0 saturated carbocycles. The number of piperidine rings is 1. The molecule has 0 radical (unpaired) electrons. The highest BCUT2D eigenvalue weighted by Crippen LogP contribution is 2.44. The Hall–Kier alpha value is -1.97. The summed E-state index contributed by atoms with van der Waals surface area (Å²) in [7, 11) is 0. The molecule has 1 aliphatic heterocycles. The number of ketones is 1. The zero-order chi connectivity index (χ0) is 15.7. The molecule has 114 valence electrons. The third-order valence-corrected chi connectivity index (χ3v) is 4.70. The van der Waals surface area contributed by atoms with Gasteiger partial charge in [-0.25, -0.2) is 0 Å². The van der Waals surface area contributed by atoms with Crippen molar-refractivity contribution >= 4 is 5.78 Å². The molecule has 1 N–H and O–H groups in total. The second kappa shape index (κ2) is 6.03. The van der Waals surface area contributed by atoms with Gasteiger partial charge >= 0.3 is 0 Å². The summed E-state index contributed by atoms with van der Waals surface area (Å²) >= 11 is 0. The maximum atomic E-state index is 12.7. The van der Waals surface area contributed by atoms with Crippen molar-refractivity contribution in [3.63, 3.8) is 0 Å². The Morgan fingerprint density at radius 1 is 0.773 bits per heavy atom. The van der Waals surface area contributed by atoms with Gasteiger partial charge < -0.3 is 5.21 Å². The van der Waals surface area contributed by atoms with E-state index in [0.29, 0.717) is 0 Å². The Balaban J connectivity index is 2.03. The molecule has 2 aromatic carbocycles. The summed E-state index contributed by atoms with van der Waals surface area (Å²) < 4.78 is 0. The van der Waals surface area contributed by atoms with Crippen LogP contribution in [0.4, 0.5) is 0 Å². The van der Waals surface area contributed by atoms with Crippen LogP contribution in [0.5, 0.6) is 0 Å². The number of benzene rings is 2. The van der Waals surface area contributed by atoms with Gasteiger partial charge in [0.05, 0.1) is 12.1 Å². The second-order valence-electron chi connectivity index (χ2n) is 6.07. The van der Waals surface area contributed by atoms with E-state index in [9.17, 15) is 10.0 Å². The SMILES string of the molecule is CC1C(=O)C(C)C(c2ccccc2)N(O)C1c1ccccc1. The number of carbonyl (C=O) groups excluding carboxylic acids is 1. The second-order valence-corrected chi connectivity index (χ2v) is 6.07. The van der Waals surface area contributed by atoms with E-state index in [1.54, 1.807) is 0 Å². The average Bonchev–Trinajstić information content (AvgIpc) is 2.55.